The normalized spacial score (nSPS) is 16.8. The number of ether oxygens (including phenoxy) is 1. The van der Waals surface area contributed by atoms with Crippen LogP contribution in [-0.4, -0.2) is 55.6 Å². The van der Waals surface area contributed by atoms with Crippen molar-refractivity contribution < 1.29 is 18.7 Å². The Bertz CT molecular complexity index is 821. The number of amides is 2. The molecule has 0 saturated carbocycles. The van der Waals surface area contributed by atoms with Gasteiger partial charge in [-0.2, -0.15) is 0 Å². The van der Waals surface area contributed by atoms with Gasteiger partial charge in [0.25, 0.3) is 5.91 Å². The monoisotopic (exact) mass is 433 g/mol. The summed E-state index contributed by atoms with van der Waals surface area (Å²) in [5.74, 6) is -1.13. The summed E-state index contributed by atoms with van der Waals surface area (Å²) in [4.78, 5) is 29.0. The topological polar surface area (TPSA) is 70.7 Å². The van der Waals surface area contributed by atoms with Crippen LogP contribution in [0.15, 0.2) is 41.8 Å². The highest BCUT2D eigenvalue weighted by Crippen LogP contribution is 2.25. The van der Waals surface area contributed by atoms with E-state index in [0.717, 1.165) is 13.1 Å². The van der Waals surface area contributed by atoms with Gasteiger partial charge in [0, 0.05) is 30.1 Å². The molecule has 30 heavy (non-hydrogen) atoms. The van der Waals surface area contributed by atoms with E-state index in [1.54, 1.807) is 11.3 Å². The summed E-state index contributed by atoms with van der Waals surface area (Å²) in [7, 11) is 0. The molecular weight excluding hydrogens is 405 g/mol. The molecule has 0 aliphatic carbocycles. The standard InChI is InChI=1S/C22H28FN3O3S/c1-15(2)20(25-21(27)16-5-7-17(23)8-6-16)22(28)24-14-18(19-4-3-13-30-19)26-9-11-29-12-10-26/h3-8,13,15,18,20H,9-12,14H2,1-2H3,(H,24,28)(H,25,27)/t18-,20-/m0/s1. The number of hydrogen-bond acceptors (Lipinski definition) is 5. The number of halogens is 1. The maximum Gasteiger partial charge on any atom is 0.251 e. The molecule has 2 N–H and O–H groups in total. The molecule has 1 saturated heterocycles. The van der Waals surface area contributed by atoms with Gasteiger partial charge in [-0.3, -0.25) is 14.5 Å². The van der Waals surface area contributed by atoms with E-state index in [9.17, 15) is 14.0 Å². The minimum absolute atomic E-state index is 0.0680. The third-order valence-corrected chi connectivity index (χ3v) is 6.14. The second-order valence-electron chi connectivity index (χ2n) is 7.63. The first-order chi connectivity index (χ1) is 14.5. The Kier molecular flexibility index (Phi) is 7.95. The van der Waals surface area contributed by atoms with Crippen molar-refractivity contribution in [1.29, 1.82) is 0 Å². The Balaban J connectivity index is 1.64. The molecule has 8 heteroatoms. The lowest BCUT2D eigenvalue weighted by Gasteiger charge is -2.34. The lowest BCUT2D eigenvalue weighted by molar-refractivity contribution is -0.124. The van der Waals surface area contributed by atoms with E-state index in [2.05, 4.69) is 21.6 Å². The van der Waals surface area contributed by atoms with Gasteiger partial charge in [0.1, 0.15) is 11.9 Å². The zero-order valence-electron chi connectivity index (χ0n) is 17.3. The number of hydrogen-bond donors (Lipinski definition) is 2. The summed E-state index contributed by atoms with van der Waals surface area (Å²) in [6, 6.07) is 8.74. The van der Waals surface area contributed by atoms with Crippen molar-refractivity contribution in [2.45, 2.75) is 25.9 Å². The maximum absolute atomic E-state index is 13.1. The maximum atomic E-state index is 13.1. The van der Waals surface area contributed by atoms with E-state index in [4.69, 9.17) is 4.74 Å². The van der Waals surface area contributed by atoms with E-state index >= 15 is 0 Å². The molecule has 2 atom stereocenters. The van der Waals surface area contributed by atoms with Gasteiger partial charge >= 0.3 is 0 Å². The van der Waals surface area contributed by atoms with Gasteiger partial charge in [0.2, 0.25) is 5.91 Å². The Morgan fingerprint density at radius 1 is 1.17 bits per heavy atom. The van der Waals surface area contributed by atoms with Crippen LogP contribution in [0, 0.1) is 11.7 Å². The first-order valence-corrected chi connectivity index (χ1v) is 11.0. The summed E-state index contributed by atoms with van der Waals surface area (Å²) < 4.78 is 18.6. The molecule has 1 aliphatic heterocycles. The zero-order chi connectivity index (χ0) is 21.5. The Hall–Kier alpha value is -2.29. The molecule has 2 aromatic rings. The van der Waals surface area contributed by atoms with Crippen LogP contribution in [0.3, 0.4) is 0 Å². The predicted molar refractivity (Wildman–Crippen MR) is 115 cm³/mol. The van der Waals surface area contributed by atoms with Crippen molar-refractivity contribution in [2.24, 2.45) is 5.92 Å². The van der Waals surface area contributed by atoms with E-state index in [1.807, 2.05) is 25.3 Å². The smallest absolute Gasteiger partial charge is 0.251 e. The number of carbonyl (C=O) groups excluding carboxylic acids is 2. The highest BCUT2D eigenvalue weighted by Gasteiger charge is 2.28. The largest absolute Gasteiger partial charge is 0.379 e. The van der Waals surface area contributed by atoms with Crippen LogP contribution in [0.5, 0.6) is 0 Å². The van der Waals surface area contributed by atoms with E-state index < -0.39 is 17.8 Å². The average Bonchev–Trinajstić information content (AvgIpc) is 3.27. The predicted octanol–water partition coefficient (Wildman–Crippen LogP) is 2.83. The van der Waals surface area contributed by atoms with Gasteiger partial charge in [0.05, 0.1) is 19.3 Å². The lowest BCUT2D eigenvalue weighted by Crippen LogP contribution is -2.51. The van der Waals surface area contributed by atoms with Crippen LogP contribution in [-0.2, 0) is 9.53 Å². The number of benzene rings is 1. The quantitative estimate of drug-likeness (QED) is 0.672. The Labute approximate surface area is 180 Å². The molecule has 1 aromatic carbocycles. The van der Waals surface area contributed by atoms with Crippen molar-refractivity contribution >= 4 is 23.2 Å². The number of rotatable bonds is 8. The summed E-state index contributed by atoms with van der Waals surface area (Å²) in [5.41, 5.74) is 0.319. The minimum Gasteiger partial charge on any atom is -0.379 e. The van der Waals surface area contributed by atoms with Gasteiger partial charge in [-0.15, -0.1) is 11.3 Å². The van der Waals surface area contributed by atoms with Crippen LogP contribution in [0.4, 0.5) is 4.39 Å². The molecule has 3 rings (SSSR count). The molecule has 0 spiro atoms. The second kappa shape index (κ2) is 10.7. The summed E-state index contributed by atoms with van der Waals surface area (Å²) in [5, 5.41) is 7.84. The molecule has 6 nitrogen and oxygen atoms in total. The van der Waals surface area contributed by atoms with Crippen molar-refractivity contribution in [1.82, 2.24) is 15.5 Å². The Morgan fingerprint density at radius 2 is 1.87 bits per heavy atom. The zero-order valence-corrected chi connectivity index (χ0v) is 18.1. The minimum atomic E-state index is -0.684. The molecule has 0 bridgehead atoms. The molecular formula is C22H28FN3O3S. The molecule has 162 valence electrons. The second-order valence-corrected chi connectivity index (χ2v) is 8.61. The van der Waals surface area contributed by atoms with E-state index in [-0.39, 0.29) is 17.9 Å². The number of carbonyl (C=O) groups is 2. The fourth-order valence-corrected chi connectivity index (χ4v) is 4.31. The number of nitrogens with one attached hydrogen (secondary N) is 2. The average molecular weight is 434 g/mol. The highest BCUT2D eigenvalue weighted by molar-refractivity contribution is 7.10. The lowest BCUT2D eigenvalue weighted by atomic mass is 10.0. The van der Waals surface area contributed by atoms with Crippen LogP contribution in [0.2, 0.25) is 0 Å². The van der Waals surface area contributed by atoms with Crippen LogP contribution < -0.4 is 10.6 Å². The molecule has 0 unspecified atom stereocenters. The fraction of sp³-hybridized carbons (Fsp3) is 0.455. The van der Waals surface area contributed by atoms with E-state index in [1.165, 1.54) is 29.1 Å². The van der Waals surface area contributed by atoms with Gasteiger partial charge in [-0.25, -0.2) is 4.39 Å². The van der Waals surface area contributed by atoms with Gasteiger partial charge in [0.15, 0.2) is 0 Å². The molecule has 1 aliphatic rings. The first-order valence-electron chi connectivity index (χ1n) is 10.1. The number of nitrogens with zero attached hydrogens (tertiary/aromatic N) is 1. The number of morpholine rings is 1. The Morgan fingerprint density at radius 3 is 2.47 bits per heavy atom. The summed E-state index contributed by atoms with van der Waals surface area (Å²) >= 11 is 1.67. The molecule has 0 radical (unpaired) electrons. The summed E-state index contributed by atoms with van der Waals surface area (Å²) in [6.45, 7) is 7.20. The van der Waals surface area contributed by atoms with E-state index in [0.29, 0.717) is 25.3 Å². The van der Waals surface area contributed by atoms with Gasteiger partial charge in [-0.1, -0.05) is 19.9 Å². The van der Waals surface area contributed by atoms with Crippen molar-refractivity contribution in [2.75, 3.05) is 32.8 Å². The van der Waals surface area contributed by atoms with Crippen molar-refractivity contribution in [3.63, 3.8) is 0 Å². The molecule has 1 fully saturated rings. The van der Waals surface area contributed by atoms with Crippen LogP contribution in [0.1, 0.15) is 35.1 Å². The van der Waals surface area contributed by atoms with Crippen LogP contribution in [0.25, 0.3) is 0 Å². The SMILES string of the molecule is CC(C)[C@H](NC(=O)c1ccc(F)cc1)C(=O)NC[C@@H](c1cccs1)N1CCOCC1. The van der Waals surface area contributed by atoms with Gasteiger partial charge < -0.3 is 15.4 Å². The fourth-order valence-electron chi connectivity index (χ4n) is 3.45. The molecule has 2 heterocycles. The van der Waals surface area contributed by atoms with Crippen LogP contribution >= 0.6 is 11.3 Å². The van der Waals surface area contributed by atoms with Crippen molar-refractivity contribution in [3.8, 4) is 0 Å². The molecule has 2 amide bonds. The van der Waals surface area contributed by atoms with Gasteiger partial charge in [-0.05, 0) is 41.6 Å². The highest BCUT2D eigenvalue weighted by atomic mass is 32.1. The molecule has 1 aromatic heterocycles. The number of thiophene rings is 1. The first kappa shape index (κ1) is 22.4. The third kappa shape index (κ3) is 5.87. The van der Waals surface area contributed by atoms with Crippen molar-refractivity contribution in [3.05, 3.63) is 58.0 Å². The summed E-state index contributed by atoms with van der Waals surface area (Å²) in [6.07, 6.45) is 0. The third-order valence-electron chi connectivity index (χ3n) is 5.17.